The maximum absolute atomic E-state index is 12.4. The summed E-state index contributed by atoms with van der Waals surface area (Å²) in [6.45, 7) is 18.7. The molecule has 0 radical (unpaired) electrons. The summed E-state index contributed by atoms with van der Waals surface area (Å²) in [5, 5.41) is 3.08. The van der Waals surface area contributed by atoms with Crippen molar-refractivity contribution in [3.63, 3.8) is 0 Å². The molecule has 2 aliphatic rings. The molecule has 0 bridgehead atoms. The molecule has 1 aromatic carbocycles. The minimum absolute atomic E-state index is 0.146. The zero-order chi connectivity index (χ0) is 22.8. The second-order valence-corrected chi connectivity index (χ2v) is 8.51. The molecule has 3 rings (SSSR count). The molecular formula is C25H46N2O2S. The first-order chi connectivity index (χ1) is 14.6. The van der Waals surface area contributed by atoms with E-state index in [0.29, 0.717) is 0 Å². The van der Waals surface area contributed by atoms with Crippen molar-refractivity contribution < 1.29 is 9.53 Å². The Morgan fingerprint density at radius 2 is 1.70 bits per heavy atom. The highest BCUT2D eigenvalue weighted by Gasteiger charge is 2.24. The maximum Gasteiger partial charge on any atom is 0.227 e. The molecule has 1 fully saturated rings. The zero-order valence-corrected chi connectivity index (χ0v) is 21.4. The fraction of sp³-hybridized carbons (Fsp3) is 0.720. The van der Waals surface area contributed by atoms with Gasteiger partial charge in [-0.3, -0.25) is 4.79 Å². The van der Waals surface area contributed by atoms with Crippen molar-refractivity contribution in [3.05, 3.63) is 18.2 Å². The van der Waals surface area contributed by atoms with Crippen LogP contribution in [0.5, 0.6) is 5.75 Å². The van der Waals surface area contributed by atoms with Gasteiger partial charge in [0.15, 0.2) is 0 Å². The van der Waals surface area contributed by atoms with Gasteiger partial charge in [-0.05, 0) is 57.1 Å². The van der Waals surface area contributed by atoms with E-state index < -0.39 is 0 Å². The maximum atomic E-state index is 12.4. The molecule has 0 spiro atoms. The fourth-order valence-corrected chi connectivity index (χ4v) is 3.97. The smallest absolute Gasteiger partial charge is 0.227 e. The number of anilines is 1. The Hall–Kier alpha value is -1.20. The van der Waals surface area contributed by atoms with Crippen molar-refractivity contribution in [2.75, 3.05) is 37.3 Å². The lowest BCUT2D eigenvalue weighted by atomic mass is 9.95. The van der Waals surface area contributed by atoms with Crippen LogP contribution < -0.4 is 10.1 Å². The summed E-state index contributed by atoms with van der Waals surface area (Å²) >= 11 is 1.79. The Morgan fingerprint density at radius 1 is 1.10 bits per heavy atom. The highest BCUT2D eigenvalue weighted by atomic mass is 32.2. The first kappa shape index (κ1) is 28.8. The van der Waals surface area contributed by atoms with Gasteiger partial charge in [-0.2, -0.15) is 0 Å². The molecule has 0 atom stereocenters. The molecule has 1 aromatic rings. The van der Waals surface area contributed by atoms with Crippen LogP contribution in [0, 0.1) is 5.92 Å². The third-order valence-corrected chi connectivity index (χ3v) is 5.31. The molecule has 5 heteroatoms. The van der Waals surface area contributed by atoms with Gasteiger partial charge in [0, 0.05) is 17.4 Å². The normalized spacial score (nSPS) is 15.6. The van der Waals surface area contributed by atoms with Crippen molar-refractivity contribution in [1.29, 1.82) is 0 Å². The van der Waals surface area contributed by atoms with Crippen LogP contribution in [-0.4, -0.2) is 42.8 Å². The summed E-state index contributed by atoms with van der Waals surface area (Å²) < 4.78 is 5.60. The quantitative estimate of drug-likeness (QED) is 0.545. The Labute approximate surface area is 190 Å². The summed E-state index contributed by atoms with van der Waals surface area (Å²) in [5.74, 6) is 2.22. The van der Waals surface area contributed by atoms with Crippen LogP contribution in [0.25, 0.3) is 0 Å². The van der Waals surface area contributed by atoms with Gasteiger partial charge in [-0.1, -0.05) is 61.3 Å². The van der Waals surface area contributed by atoms with Gasteiger partial charge in [0.1, 0.15) is 5.75 Å². The SMILES string of the molecule is CC.CCC.CCC.CCCN1CCC(C(=O)Nc2ccc3c(c2)SCCO3)CC1. The summed E-state index contributed by atoms with van der Waals surface area (Å²) in [7, 11) is 0. The summed E-state index contributed by atoms with van der Waals surface area (Å²) in [4.78, 5) is 16.0. The van der Waals surface area contributed by atoms with Crippen LogP contribution in [-0.2, 0) is 4.79 Å². The van der Waals surface area contributed by atoms with E-state index in [-0.39, 0.29) is 11.8 Å². The Balaban J connectivity index is 0.000000923. The number of ether oxygens (including phenoxy) is 1. The van der Waals surface area contributed by atoms with Gasteiger partial charge in [0.05, 0.1) is 11.5 Å². The monoisotopic (exact) mass is 438 g/mol. The molecule has 4 nitrogen and oxygen atoms in total. The van der Waals surface area contributed by atoms with E-state index in [2.05, 4.69) is 44.8 Å². The average Bonchev–Trinajstić information content (AvgIpc) is 2.77. The molecule has 0 aliphatic carbocycles. The summed E-state index contributed by atoms with van der Waals surface area (Å²) in [6.07, 6.45) is 5.62. The lowest BCUT2D eigenvalue weighted by molar-refractivity contribution is -0.121. The zero-order valence-electron chi connectivity index (χ0n) is 20.6. The third-order valence-electron chi connectivity index (χ3n) is 4.31. The number of likely N-dealkylation sites (tertiary alicyclic amines) is 1. The number of hydrogen-bond donors (Lipinski definition) is 1. The second-order valence-electron chi connectivity index (χ2n) is 7.38. The Bertz CT molecular complexity index is 556. The standard InChI is InChI=1S/C17H24N2O2S.2C3H8.C2H6/c1-2-7-19-8-5-13(6-9-19)17(20)18-14-3-4-15-16(12-14)22-11-10-21-15;2*1-3-2;1-2/h3-4,12-13H,2,5-11H2,1H3,(H,18,20);2*3H2,1-2H3;1-2H3. The number of piperidine rings is 1. The largest absolute Gasteiger partial charge is 0.492 e. The minimum Gasteiger partial charge on any atom is -0.492 e. The van der Waals surface area contributed by atoms with Gasteiger partial charge < -0.3 is 15.0 Å². The molecule has 174 valence electrons. The lowest BCUT2D eigenvalue weighted by Gasteiger charge is -2.31. The molecular weight excluding hydrogens is 392 g/mol. The van der Waals surface area contributed by atoms with Crippen LogP contribution in [0.3, 0.4) is 0 Å². The van der Waals surface area contributed by atoms with Crippen LogP contribution >= 0.6 is 11.8 Å². The number of carbonyl (C=O) groups is 1. The van der Waals surface area contributed by atoms with Crippen molar-refractivity contribution in [1.82, 2.24) is 4.90 Å². The van der Waals surface area contributed by atoms with Crippen LogP contribution in [0.2, 0.25) is 0 Å². The molecule has 2 heterocycles. The molecule has 0 unspecified atom stereocenters. The second kappa shape index (κ2) is 18.6. The summed E-state index contributed by atoms with van der Waals surface area (Å²) in [5.41, 5.74) is 0.887. The molecule has 0 aromatic heterocycles. The first-order valence-corrected chi connectivity index (χ1v) is 13.0. The number of nitrogens with zero attached hydrogens (tertiary/aromatic N) is 1. The number of hydrogen-bond acceptors (Lipinski definition) is 4. The van der Waals surface area contributed by atoms with Crippen molar-refractivity contribution in [3.8, 4) is 5.75 Å². The number of benzene rings is 1. The fourth-order valence-electron chi connectivity index (χ4n) is 3.10. The van der Waals surface area contributed by atoms with Crippen molar-refractivity contribution in [2.24, 2.45) is 5.92 Å². The Kier molecular flexibility index (Phi) is 17.8. The highest BCUT2D eigenvalue weighted by molar-refractivity contribution is 7.99. The van der Waals surface area contributed by atoms with Gasteiger partial charge in [-0.15, -0.1) is 11.8 Å². The highest BCUT2D eigenvalue weighted by Crippen LogP contribution is 2.35. The van der Waals surface area contributed by atoms with E-state index in [1.165, 1.54) is 19.3 Å². The number of fused-ring (bicyclic) bond motifs is 1. The number of carbonyl (C=O) groups excluding carboxylic acids is 1. The van der Waals surface area contributed by atoms with E-state index in [1.807, 2.05) is 32.0 Å². The van der Waals surface area contributed by atoms with Crippen molar-refractivity contribution in [2.45, 2.75) is 85.5 Å². The van der Waals surface area contributed by atoms with Crippen LogP contribution in [0.4, 0.5) is 5.69 Å². The molecule has 2 aliphatic heterocycles. The Morgan fingerprint density at radius 3 is 2.27 bits per heavy atom. The van der Waals surface area contributed by atoms with E-state index in [9.17, 15) is 4.79 Å². The molecule has 1 saturated heterocycles. The lowest BCUT2D eigenvalue weighted by Crippen LogP contribution is -2.38. The molecule has 0 saturated carbocycles. The molecule has 30 heavy (non-hydrogen) atoms. The number of nitrogens with one attached hydrogen (secondary N) is 1. The summed E-state index contributed by atoms with van der Waals surface area (Å²) in [6, 6.07) is 5.93. The predicted molar refractivity (Wildman–Crippen MR) is 134 cm³/mol. The predicted octanol–water partition coefficient (Wildman–Crippen LogP) is 7.09. The van der Waals surface area contributed by atoms with E-state index in [0.717, 1.165) is 61.2 Å². The van der Waals surface area contributed by atoms with Crippen LogP contribution in [0.1, 0.15) is 80.6 Å². The molecule has 1 amide bonds. The van der Waals surface area contributed by atoms with Gasteiger partial charge >= 0.3 is 0 Å². The molecule has 1 N–H and O–H groups in total. The first-order valence-electron chi connectivity index (χ1n) is 12.0. The van der Waals surface area contributed by atoms with E-state index >= 15 is 0 Å². The average molecular weight is 439 g/mol. The van der Waals surface area contributed by atoms with Gasteiger partial charge in [0.2, 0.25) is 5.91 Å². The van der Waals surface area contributed by atoms with E-state index in [4.69, 9.17) is 4.74 Å². The van der Waals surface area contributed by atoms with Gasteiger partial charge in [0.25, 0.3) is 0 Å². The third kappa shape index (κ3) is 11.3. The topological polar surface area (TPSA) is 41.6 Å². The number of thioether (sulfide) groups is 1. The van der Waals surface area contributed by atoms with Gasteiger partial charge in [-0.25, -0.2) is 0 Å². The van der Waals surface area contributed by atoms with E-state index in [1.54, 1.807) is 11.8 Å². The number of amides is 1. The van der Waals surface area contributed by atoms with Crippen molar-refractivity contribution >= 4 is 23.4 Å². The minimum atomic E-state index is 0.146. The van der Waals surface area contributed by atoms with Crippen LogP contribution in [0.15, 0.2) is 23.1 Å². The number of rotatable bonds is 4.